The second-order valence-electron chi connectivity index (χ2n) is 6.51. The summed E-state index contributed by atoms with van der Waals surface area (Å²) < 4.78 is 5.20. The third-order valence-corrected chi connectivity index (χ3v) is 4.40. The van der Waals surface area contributed by atoms with Crippen molar-refractivity contribution in [3.05, 3.63) is 90.5 Å². The Labute approximate surface area is 162 Å². The van der Waals surface area contributed by atoms with Gasteiger partial charge in [0.1, 0.15) is 0 Å². The van der Waals surface area contributed by atoms with Crippen molar-refractivity contribution in [2.24, 2.45) is 0 Å². The first-order valence-electron chi connectivity index (χ1n) is 9.50. The second-order valence-corrected chi connectivity index (χ2v) is 6.51. The summed E-state index contributed by atoms with van der Waals surface area (Å²) >= 11 is 0. The maximum atomic E-state index is 11.7. The summed E-state index contributed by atoms with van der Waals surface area (Å²) in [5, 5.41) is 0. The maximum Gasteiger partial charge on any atom is 0.330 e. The molecule has 0 aliphatic rings. The molecule has 2 rings (SSSR count). The molecule has 2 aromatic rings. The van der Waals surface area contributed by atoms with Crippen molar-refractivity contribution in [3.8, 4) is 0 Å². The van der Waals surface area contributed by atoms with Crippen LogP contribution in [-0.4, -0.2) is 12.6 Å². The summed E-state index contributed by atoms with van der Waals surface area (Å²) in [4.78, 5) is 11.7. The Morgan fingerprint density at radius 2 is 1.52 bits per heavy atom. The standard InChI is InChI=1S/C25H28O2/c1-4-5-6-10-19-27-25(26)18-15-22-13-16-24(17-14-22)21(3)20(2)23-11-8-7-9-12-23/h7-9,11-18H,2-6,10,19H2,1H3/b18-15+. The Bertz CT molecular complexity index is 783. The van der Waals surface area contributed by atoms with Gasteiger partial charge in [-0.3, -0.25) is 0 Å². The topological polar surface area (TPSA) is 26.3 Å². The van der Waals surface area contributed by atoms with Gasteiger partial charge in [0.15, 0.2) is 0 Å². The van der Waals surface area contributed by atoms with Gasteiger partial charge in [-0.15, -0.1) is 0 Å². The Hall–Kier alpha value is -2.87. The first-order chi connectivity index (χ1) is 13.1. The molecule has 0 saturated carbocycles. The van der Waals surface area contributed by atoms with Gasteiger partial charge in [0.05, 0.1) is 6.61 Å². The van der Waals surface area contributed by atoms with E-state index in [9.17, 15) is 4.79 Å². The molecule has 2 aromatic carbocycles. The minimum Gasteiger partial charge on any atom is -0.463 e. The van der Waals surface area contributed by atoms with Crippen molar-refractivity contribution in [1.82, 2.24) is 0 Å². The second kappa shape index (κ2) is 11.0. The van der Waals surface area contributed by atoms with Crippen LogP contribution in [0.2, 0.25) is 0 Å². The fourth-order valence-electron chi connectivity index (χ4n) is 2.70. The van der Waals surface area contributed by atoms with Crippen LogP contribution in [0.25, 0.3) is 17.2 Å². The van der Waals surface area contributed by atoms with Gasteiger partial charge >= 0.3 is 5.97 Å². The van der Waals surface area contributed by atoms with Gasteiger partial charge in [-0.1, -0.05) is 93.9 Å². The van der Waals surface area contributed by atoms with Crippen LogP contribution >= 0.6 is 0 Å². The Kier molecular flexibility index (Phi) is 8.31. The average molecular weight is 360 g/mol. The number of unbranched alkanes of at least 4 members (excludes halogenated alkanes) is 3. The van der Waals surface area contributed by atoms with Gasteiger partial charge < -0.3 is 4.74 Å². The monoisotopic (exact) mass is 360 g/mol. The molecule has 0 radical (unpaired) electrons. The molecule has 0 bridgehead atoms. The van der Waals surface area contributed by atoms with E-state index < -0.39 is 0 Å². The van der Waals surface area contributed by atoms with Crippen LogP contribution < -0.4 is 0 Å². The molecule has 0 spiro atoms. The van der Waals surface area contributed by atoms with E-state index in [1.54, 1.807) is 6.08 Å². The van der Waals surface area contributed by atoms with Gasteiger partial charge in [0.2, 0.25) is 0 Å². The minimum absolute atomic E-state index is 0.294. The number of rotatable bonds is 10. The highest BCUT2D eigenvalue weighted by molar-refractivity contribution is 6.03. The van der Waals surface area contributed by atoms with Gasteiger partial charge in [-0.2, -0.15) is 0 Å². The SMILES string of the molecule is C=C(C(=C)c1ccc(/C=C/C(=O)OCCCCCC)cc1)c1ccccc1. The number of hydrogen-bond donors (Lipinski definition) is 0. The lowest BCUT2D eigenvalue weighted by Gasteiger charge is -2.10. The number of ether oxygens (including phenoxy) is 1. The molecule has 0 aliphatic carbocycles. The Morgan fingerprint density at radius 3 is 2.15 bits per heavy atom. The molecule has 0 amide bonds. The smallest absolute Gasteiger partial charge is 0.330 e. The molecule has 0 unspecified atom stereocenters. The van der Waals surface area contributed by atoms with E-state index in [0.29, 0.717) is 6.61 Å². The van der Waals surface area contributed by atoms with Crippen molar-refractivity contribution < 1.29 is 9.53 Å². The van der Waals surface area contributed by atoms with Gasteiger partial charge in [-0.05, 0) is 40.3 Å². The van der Waals surface area contributed by atoms with Crippen molar-refractivity contribution >= 4 is 23.2 Å². The van der Waals surface area contributed by atoms with Crippen molar-refractivity contribution in [3.63, 3.8) is 0 Å². The fourth-order valence-corrected chi connectivity index (χ4v) is 2.70. The van der Waals surface area contributed by atoms with Crippen LogP contribution in [0.5, 0.6) is 0 Å². The highest BCUT2D eigenvalue weighted by Crippen LogP contribution is 2.28. The molecule has 0 saturated heterocycles. The highest BCUT2D eigenvalue weighted by atomic mass is 16.5. The Balaban J connectivity index is 1.88. The summed E-state index contributed by atoms with van der Waals surface area (Å²) in [5.41, 5.74) is 4.82. The third kappa shape index (κ3) is 6.74. The molecule has 0 N–H and O–H groups in total. The predicted octanol–water partition coefficient (Wildman–Crippen LogP) is 6.55. The lowest BCUT2D eigenvalue weighted by Crippen LogP contribution is -2.02. The van der Waals surface area contributed by atoms with E-state index >= 15 is 0 Å². The van der Waals surface area contributed by atoms with E-state index in [1.807, 2.05) is 54.6 Å². The van der Waals surface area contributed by atoms with E-state index in [0.717, 1.165) is 40.7 Å². The zero-order valence-electron chi connectivity index (χ0n) is 16.1. The molecule has 0 heterocycles. The molecule has 0 aromatic heterocycles. The van der Waals surface area contributed by atoms with Gasteiger partial charge in [0.25, 0.3) is 0 Å². The highest BCUT2D eigenvalue weighted by Gasteiger charge is 2.05. The number of allylic oxidation sites excluding steroid dienone is 2. The molecular weight excluding hydrogens is 332 g/mol. The first-order valence-corrected chi connectivity index (χ1v) is 9.50. The number of hydrogen-bond acceptors (Lipinski definition) is 2. The molecule has 0 aliphatic heterocycles. The summed E-state index contributed by atoms with van der Waals surface area (Å²) in [6, 6.07) is 17.9. The number of benzene rings is 2. The van der Waals surface area contributed by atoms with Gasteiger partial charge in [-0.25, -0.2) is 4.79 Å². The van der Waals surface area contributed by atoms with Gasteiger partial charge in [0, 0.05) is 6.08 Å². The molecule has 140 valence electrons. The third-order valence-electron chi connectivity index (χ3n) is 4.40. The molecule has 2 nitrogen and oxygen atoms in total. The zero-order chi connectivity index (χ0) is 19.5. The predicted molar refractivity (Wildman–Crippen MR) is 115 cm³/mol. The molecule has 0 atom stereocenters. The lowest BCUT2D eigenvalue weighted by atomic mass is 9.94. The van der Waals surface area contributed by atoms with Crippen LogP contribution in [0.3, 0.4) is 0 Å². The largest absolute Gasteiger partial charge is 0.463 e. The van der Waals surface area contributed by atoms with E-state index in [2.05, 4.69) is 20.1 Å². The number of carbonyl (C=O) groups excluding carboxylic acids is 1. The molecule has 0 fully saturated rings. The van der Waals surface area contributed by atoms with E-state index in [1.165, 1.54) is 18.9 Å². The quantitative estimate of drug-likeness (QED) is 0.208. The van der Waals surface area contributed by atoms with Crippen LogP contribution in [0, 0.1) is 0 Å². The number of carbonyl (C=O) groups is 1. The lowest BCUT2D eigenvalue weighted by molar-refractivity contribution is -0.137. The maximum absolute atomic E-state index is 11.7. The minimum atomic E-state index is -0.294. The van der Waals surface area contributed by atoms with Crippen LogP contribution in [0.4, 0.5) is 0 Å². The molecule has 2 heteroatoms. The first kappa shape index (κ1) is 20.4. The van der Waals surface area contributed by atoms with Crippen molar-refractivity contribution in [2.75, 3.05) is 6.61 Å². The summed E-state index contributed by atoms with van der Waals surface area (Å²) in [6.45, 7) is 11.0. The van der Waals surface area contributed by atoms with E-state index in [-0.39, 0.29) is 5.97 Å². The Morgan fingerprint density at radius 1 is 0.889 bits per heavy atom. The van der Waals surface area contributed by atoms with E-state index in [4.69, 9.17) is 4.74 Å². The normalized spacial score (nSPS) is 10.7. The zero-order valence-corrected chi connectivity index (χ0v) is 16.1. The molecule has 27 heavy (non-hydrogen) atoms. The number of esters is 1. The van der Waals surface area contributed by atoms with Crippen LogP contribution in [0.1, 0.15) is 49.3 Å². The summed E-state index contributed by atoms with van der Waals surface area (Å²) in [6.07, 6.45) is 7.64. The van der Waals surface area contributed by atoms with Crippen LogP contribution in [-0.2, 0) is 9.53 Å². The van der Waals surface area contributed by atoms with Crippen molar-refractivity contribution in [1.29, 1.82) is 0 Å². The average Bonchev–Trinajstić information content (AvgIpc) is 2.72. The summed E-state index contributed by atoms with van der Waals surface area (Å²) in [5.74, 6) is -0.294. The van der Waals surface area contributed by atoms with Crippen LogP contribution in [0.15, 0.2) is 73.8 Å². The fraction of sp³-hybridized carbons (Fsp3) is 0.240. The van der Waals surface area contributed by atoms with Crippen molar-refractivity contribution in [2.45, 2.75) is 32.6 Å². The summed E-state index contributed by atoms with van der Waals surface area (Å²) in [7, 11) is 0. The molecular formula is C25H28O2.